The van der Waals surface area contributed by atoms with Crippen molar-refractivity contribution in [1.29, 1.82) is 5.26 Å². The molecule has 0 aliphatic carbocycles. The van der Waals surface area contributed by atoms with E-state index in [0.29, 0.717) is 0 Å². The number of nitrogens with two attached hydrogens (primary N) is 1. The van der Waals surface area contributed by atoms with Crippen molar-refractivity contribution in [3.05, 3.63) is 29.3 Å². The summed E-state index contributed by atoms with van der Waals surface area (Å²) >= 11 is 0. The molecule has 1 heterocycles. The summed E-state index contributed by atoms with van der Waals surface area (Å²) in [6, 6.07) is 2.47. The molecular weight excluding hydrogens is 157 g/mol. The lowest BCUT2D eigenvalue weighted by molar-refractivity contribution is 0.578. The van der Waals surface area contributed by atoms with E-state index < -0.39 is 11.9 Å². The average Bonchev–Trinajstić information content (AvgIpc) is 2.03. The van der Waals surface area contributed by atoms with Gasteiger partial charge in [0.05, 0.1) is 11.3 Å². The fourth-order valence-electron chi connectivity index (χ4n) is 0.845. The molecule has 0 fully saturated rings. The maximum Gasteiger partial charge on any atom is 0.147 e. The van der Waals surface area contributed by atoms with Crippen LogP contribution in [0.4, 0.5) is 4.39 Å². The van der Waals surface area contributed by atoms with Crippen LogP contribution in [0.15, 0.2) is 12.3 Å². The van der Waals surface area contributed by atoms with Crippen molar-refractivity contribution >= 4 is 0 Å². The third-order valence-electron chi connectivity index (χ3n) is 1.43. The van der Waals surface area contributed by atoms with E-state index in [2.05, 4.69) is 4.98 Å². The van der Waals surface area contributed by atoms with Gasteiger partial charge in [-0.1, -0.05) is 0 Å². The van der Waals surface area contributed by atoms with Crippen molar-refractivity contribution in [3.8, 4) is 6.07 Å². The summed E-state index contributed by atoms with van der Waals surface area (Å²) in [6.07, 6.45) is 1.31. The topological polar surface area (TPSA) is 62.7 Å². The Labute approximate surface area is 69.6 Å². The first-order chi connectivity index (χ1) is 5.65. The molecule has 1 atom stereocenters. The van der Waals surface area contributed by atoms with Gasteiger partial charge in [0.2, 0.25) is 0 Å². The number of hydrogen-bond donors (Lipinski definition) is 1. The van der Waals surface area contributed by atoms with E-state index in [4.69, 9.17) is 11.0 Å². The van der Waals surface area contributed by atoms with E-state index in [0.717, 1.165) is 6.07 Å². The number of nitrogens with zero attached hydrogens (tertiary/aromatic N) is 2. The van der Waals surface area contributed by atoms with Gasteiger partial charge in [-0.2, -0.15) is 5.26 Å². The minimum atomic E-state index is -0.524. The molecular formula is C8H8FN3. The van der Waals surface area contributed by atoms with Crippen LogP contribution in [-0.2, 0) is 0 Å². The van der Waals surface area contributed by atoms with E-state index >= 15 is 0 Å². The largest absolute Gasteiger partial charge is 0.323 e. The second-order valence-electron chi connectivity index (χ2n) is 2.49. The van der Waals surface area contributed by atoms with Crippen molar-refractivity contribution in [2.24, 2.45) is 5.73 Å². The van der Waals surface area contributed by atoms with Crippen molar-refractivity contribution < 1.29 is 4.39 Å². The van der Waals surface area contributed by atoms with Gasteiger partial charge in [0, 0.05) is 12.2 Å². The van der Waals surface area contributed by atoms with Gasteiger partial charge in [-0.25, -0.2) is 4.39 Å². The Morgan fingerprint density at radius 2 is 2.42 bits per heavy atom. The zero-order valence-corrected chi connectivity index (χ0v) is 6.58. The van der Waals surface area contributed by atoms with E-state index in [1.54, 1.807) is 13.0 Å². The normalized spacial score (nSPS) is 12.2. The van der Waals surface area contributed by atoms with Gasteiger partial charge < -0.3 is 5.73 Å². The standard InChI is InChI=1S/C8H8FN3/c1-5(11)8-7(9)2-6(3-10)4-12-8/h2,4-5H,11H2,1H3. The molecule has 0 amide bonds. The molecule has 1 rings (SSSR count). The third kappa shape index (κ3) is 1.57. The Balaban J connectivity index is 3.14. The van der Waals surface area contributed by atoms with Crippen molar-refractivity contribution in [3.63, 3.8) is 0 Å². The fraction of sp³-hybridized carbons (Fsp3) is 0.250. The number of aromatic nitrogens is 1. The predicted octanol–water partition coefficient (Wildman–Crippen LogP) is 1.11. The first-order valence-electron chi connectivity index (χ1n) is 3.46. The lowest BCUT2D eigenvalue weighted by atomic mass is 10.2. The Morgan fingerprint density at radius 1 is 1.75 bits per heavy atom. The minimum absolute atomic E-state index is 0.189. The summed E-state index contributed by atoms with van der Waals surface area (Å²) in [5, 5.41) is 8.40. The molecule has 12 heavy (non-hydrogen) atoms. The maximum absolute atomic E-state index is 13.0. The van der Waals surface area contributed by atoms with E-state index in [-0.39, 0.29) is 11.3 Å². The van der Waals surface area contributed by atoms with Crippen molar-refractivity contribution in [2.45, 2.75) is 13.0 Å². The van der Waals surface area contributed by atoms with Crippen LogP contribution in [0.25, 0.3) is 0 Å². The third-order valence-corrected chi connectivity index (χ3v) is 1.43. The molecule has 62 valence electrons. The van der Waals surface area contributed by atoms with Gasteiger partial charge in [-0.15, -0.1) is 0 Å². The van der Waals surface area contributed by atoms with Crippen LogP contribution in [0.3, 0.4) is 0 Å². The molecule has 0 aliphatic heterocycles. The van der Waals surface area contributed by atoms with Crippen LogP contribution >= 0.6 is 0 Å². The molecule has 0 bridgehead atoms. The Kier molecular flexibility index (Phi) is 2.36. The van der Waals surface area contributed by atoms with Crippen molar-refractivity contribution in [1.82, 2.24) is 4.98 Å². The maximum atomic E-state index is 13.0. The molecule has 0 saturated heterocycles. The predicted molar refractivity (Wildman–Crippen MR) is 41.5 cm³/mol. The zero-order chi connectivity index (χ0) is 9.14. The molecule has 0 radical (unpaired) electrons. The Morgan fingerprint density at radius 3 is 2.83 bits per heavy atom. The first-order valence-corrected chi connectivity index (χ1v) is 3.46. The zero-order valence-electron chi connectivity index (χ0n) is 6.58. The summed E-state index contributed by atoms with van der Waals surface area (Å²) in [5.74, 6) is -0.524. The molecule has 1 aromatic heterocycles. The number of rotatable bonds is 1. The highest BCUT2D eigenvalue weighted by atomic mass is 19.1. The second-order valence-corrected chi connectivity index (χ2v) is 2.49. The van der Waals surface area contributed by atoms with Gasteiger partial charge in [0.25, 0.3) is 0 Å². The molecule has 4 heteroatoms. The monoisotopic (exact) mass is 165 g/mol. The minimum Gasteiger partial charge on any atom is -0.323 e. The quantitative estimate of drug-likeness (QED) is 0.678. The van der Waals surface area contributed by atoms with Crippen LogP contribution in [-0.4, -0.2) is 4.98 Å². The lowest BCUT2D eigenvalue weighted by Gasteiger charge is -2.04. The van der Waals surface area contributed by atoms with Gasteiger partial charge in [0.1, 0.15) is 11.9 Å². The molecule has 1 aromatic rings. The summed E-state index contributed by atoms with van der Waals surface area (Å²) in [4.78, 5) is 3.73. The first kappa shape index (κ1) is 8.62. The van der Waals surface area contributed by atoms with E-state index in [1.165, 1.54) is 6.20 Å². The highest BCUT2D eigenvalue weighted by molar-refractivity contribution is 5.28. The lowest BCUT2D eigenvalue weighted by Crippen LogP contribution is -2.09. The molecule has 0 spiro atoms. The number of halogens is 1. The van der Waals surface area contributed by atoms with Crippen LogP contribution in [0.2, 0.25) is 0 Å². The van der Waals surface area contributed by atoms with E-state index in [1.807, 2.05) is 0 Å². The van der Waals surface area contributed by atoms with Crippen LogP contribution in [0.1, 0.15) is 24.2 Å². The number of pyridine rings is 1. The molecule has 3 nitrogen and oxygen atoms in total. The average molecular weight is 165 g/mol. The number of hydrogen-bond acceptors (Lipinski definition) is 3. The number of nitriles is 1. The summed E-state index contributed by atoms with van der Waals surface area (Å²) in [7, 11) is 0. The highest BCUT2D eigenvalue weighted by Gasteiger charge is 2.08. The van der Waals surface area contributed by atoms with Gasteiger partial charge >= 0.3 is 0 Å². The summed E-state index contributed by atoms with van der Waals surface area (Å²) in [6.45, 7) is 1.64. The molecule has 0 aliphatic rings. The van der Waals surface area contributed by atoms with Crippen LogP contribution in [0.5, 0.6) is 0 Å². The molecule has 1 unspecified atom stereocenters. The van der Waals surface area contributed by atoms with Gasteiger partial charge in [-0.05, 0) is 13.0 Å². The molecule has 0 saturated carbocycles. The summed E-state index contributed by atoms with van der Waals surface area (Å²) < 4.78 is 13.0. The Hall–Kier alpha value is -1.47. The van der Waals surface area contributed by atoms with Crippen LogP contribution in [0, 0.1) is 17.1 Å². The highest BCUT2D eigenvalue weighted by Crippen LogP contribution is 2.11. The molecule has 2 N–H and O–H groups in total. The smallest absolute Gasteiger partial charge is 0.147 e. The fourth-order valence-corrected chi connectivity index (χ4v) is 0.845. The summed E-state index contributed by atoms with van der Waals surface area (Å²) in [5.41, 5.74) is 5.82. The van der Waals surface area contributed by atoms with Gasteiger partial charge in [-0.3, -0.25) is 4.98 Å². The van der Waals surface area contributed by atoms with Crippen LogP contribution < -0.4 is 5.73 Å². The van der Waals surface area contributed by atoms with Gasteiger partial charge in [0.15, 0.2) is 0 Å². The molecule has 0 aromatic carbocycles. The van der Waals surface area contributed by atoms with Crippen molar-refractivity contribution in [2.75, 3.05) is 0 Å². The Bertz CT molecular complexity index is 328. The second kappa shape index (κ2) is 3.28. The SMILES string of the molecule is CC(N)c1ncc(C#N)cc1F. The van der Waals surface area contributed by atoms with E-state index in [9.17, 15) is 4.39 Å².